The molecule has 14 heteroatoms. The summed E-state index contributed by atoms with van der Waals surface area (Å²) in [5, 5.41) is 12.0. The number of methoxy groups -OCH3 is 1. The number of rotatable bonds is 9. The van der Waals surface area contributed by atoms with Crippen LogP contribution in [-0.2, 0) is 28.7 Å². The summed E-state index contributed by atoms with van der Waals surface area (Å²) in [6.45, 7) is 3.17. The Morgan fingerprint density at radius 3 is 2.37 bits per heavy atom. The van der Waals surface area contributed by atoms with E-state index in [1.54, 1.807) is 24.2 Å². The van der Waals surface area contributed by atoms with Crippen molar-refractivity contribution in [2.24, 2.45) is 0 Å². The van der Waals surface area contributed by atoms with Crippen LogP contribution in [0.4, 0.5) is 5.69 Å². The number of carbonyl (C=O) groups is 5. The fourth-order valence-corrected chi connectivity index (χ4v) is 4.72. The average molecular weight is 549 g/mol. The lowest BCUT2D eigenvalue weighted by molar-refractivity contribution is -0.159. The minimum Gasteiger partial charge on any atom is -0.480 e. The third-order valence-electron chi connectivity index (χ3n) is 6.50. The van der Waals surface area contributed by atoms with Crippen molar-refractivity contribution in [3.05, 3.63) is 24.5 Å². The van der Waals surface area contributed by atoms with Crippen LogP contribution >= 0.6 is 12.2 Å². The van der Waals surface area contributed by atoms with Gasteiger partial charge in [0, 0.05) is 57.3 Å². The number of amides is 3. The summed E-state index contributed by atoms with van der Waals surface area (Å²) >= 11 is 5.15. The summed E-state index contributed by atoms with van der Waals surface area (Å²) in [5.74, 6) is -3.43. The molecular formula is C24H32N6O7S. The summed E-state index contributed by atoms with van der Waals surface area (Å²) in [7, 11) is 1.16. The van der Waals surface area contributed by atoms with Crippen molar-refractivity contribution < 1.29 is 33.8 Å². The molecule has 2 aliphatic rings. The Morgan fingerprint density at radius 1 is 1.13 bits per heavy atom. The molecule has 13 nitrogen and oxygen atoms in total. The molecule has 2 aliphatic heterocycles. The van der Waals surface area contributed by atoms with Crippen LogP contribution in [0.1, 0.15) is 19.8 Å². The number of hydrogen-bond acceptors (Lipinski definition) is 9. The van der Waals surface area contributed by atoms with E-state index in [0.717, 1.165) is 17.7 Å². The van der Waals surface area contributed by atoms with Crippen molar-refractivity contribution >= 4 is 52.6 Å². The number of piperazine rings is 2. The summed E-state index contributed by atoms with van der Waals surface area (Å²) in [5.41, 5.74) is 1.02. The lowest BCUT2D eigenvalue weighted by atomic mass is 10.0. The Morgan fingerprint density at radius 2 is 1.79 bits per heavy atom. The molecule has 3 amide bonds. The summed E-state index contributed by atoms with van der Waals surface area (Å²) in [6, 6.07) is 1.50. The van der Waals surface area contributed by atoms with Crippen LogP contribution in [0.2, 0.25) is 0 Å². The number of esters is 1. The van der Waals surface area contributed by atoms with E-state index in [9.17, 15) is 24.0 Å². The van der Waals surface area contributed by atoms with Crippen LogP contribution in [0.25, 0.3) is 0 Å². The Balaban J connectivity index is 1.71. The smallest absolute Gasteiger partial charge is 0.323 e. The third-order valence-corrected chi connectivity index (χ3v) is 6.61. The number of carboxylic acids is 1. The van der Waals surface area contributed by atoms with Crippen molar-refractivity contribution in [2.75, 3.05) is 57.8 Å². The average Bonchev–Trinajstić information content (AvgIpc) is 2.90. The van der Waals surface area contributed by atoms with Crippen molar-refractivity contribution in [3.63, 3.8) is 0 Å². The Hall–Kier alpha value is -3.81. The minimum atomic E-state index is -1.25. The van der Waals surface area contributed by atoms with Gasteiger partial charge in [-0.3, -0.25) is 29.0 Å². The molecule has 2 atom stereocenters. The van der Waals surface area contributed by atoms with E-state index in [0.29, 0.717) is 31.2 Å². The maximum Gasteiger partial charge on any atom is 0.323 e. The van der Waals surface area contributed by atoms with Gasteiger partial charge < -0.3 is 34.8 Å². The van der Waals surface area contributed by atoms with E-state index in [-0.39, 0.29) is 25.4 Å². The van der Waals surface area contributed by atoms with Crippen LogP contribution in [-0.4, -0.2) is 124 Å². The minimum absolute atomic E-state index is 0.00698. The zero-order valence-corrected chi connectivity index (χ0v) is 22.2. The van der Waals surface area contributed by atoms with Crippen LogP contribution in [0, 0.1) is 0 Å². The number of aliphatic carboxylic acids is 1. The molecule has 2 fully saturated rings. The molecule has 206 valence electrons. The maximum atomic E-state index is 13.6. The van der Waals surface area contributed by atoms with E-state index in [1.807, 2.05) is 12.1 Å². The van der Waals surface area contributed by atoms with Crippen LogP contribution in [0.15, 0.2) is 24.5 Å². The zero-order valence-electron chi connectivity index (χ0n) is 21.4. The number of nitrogens with one attached hydrogen (secondary N) is 1. The molecule has 0 spiro atoms. The van der Waals surface area contributed by atoms with Gasteiger partial charge in [0.05, 0.1) is 24.9 Å². The van der Waals surface area contributed by atoms with E-state index >= 15 is 0 Å². The second kappa shape index (κ2) is 13.1. The van der Waals surface area contributed by atoms with Gasteiger partial charge in [0.15, 0.2) is 0 Å². The van der Waals surface area contributed by atoms with Gasteiger partial charge in [-0.25, -0.2) is 0 Å². The third kappa shape index (κ3) is 7.37. The molecule has 2 N–H and O–H groups in total. The molecule has 2 saturated heterocycles. The fraction of sp³-hybridized carbons (Fsp3) is 0.542. The highest BCUT2D eigenvalue weighted by Crippen LogP contribution is 2.19. The number of ether oxygens (including phenoxy) is 1. The predicted molar refractivity (Wildman–Crippen MR) is 139 cm³/mol. The standard InChI is InChI=1S/C24H32N6O7S/c1-16(38)26-18(13-20(31)28-9-7-27(8-10-28)17-3-5-25-6-4-17)23(35)30-12-11-29(15-21(32)33)24(36)19(30)14-22(34)37-2/h3-6,18-19H,7-15H2,1-2H3,(H,26,38)(H,32,33)/t18-,19-/m0/s1. The number of anilines is 1. The van der Waals surface area contributed by atoms with Gasteiger partial charge in [-0.2, -0.15) is 0 Å². The Bertz CT molecular complexity index is 1060. The molecule has 0 bridgehead atoms. The highest BCUT2D eigenvalue weighted by molar-refractivity contribution is 7.80. The van der Waals surface area contributed by atoms with E-state index in [1.165, 1.54) is 4.90 Å². The van der Waals surface area contributed by atoms with Crippen molar-refractivity contribution in [2.45, 2.75) is 31.8 Å². The van der Waals surface area contributed by atoms with E-state index in [4.69, 9.17) is 17.3 Å². The van der Waals surface area contributed by atoms with Crippen molar-refractivity contribution in [3.8, 4) is 0 Å². The zero-order chi connectivity index (χ0) is 27.8. The summed E-state index contributed by atoms with van der Waals surface area (Å²) < 4.78 is 4.69. The molecule has 0 saturated carbocycles. The van der Waals surface area contributed by atoms with Crippen molar-refractivity contribution in [1.29, 1.82) is 0 Å². The molecule has 3 heterocycles. The van der Waals surface area contributed by atoms with Gasteiger partial charge in [-0.15, -0.1) is 0 Å². The Labute approximate surface area is 225 Å². The molecule has 1 aromatic heterocycles. The molecule has 0 aromatic carbocycles. The van der Waals surface area contributed by atoms with Gasteiger partial charge in [-0.1, -0.05) is 12.2 Å². The molecular weight excluding hydrogens is 516 g/mol. The van der Waals surface area contributed by atoms with Crippen LogP contribution in [0.5, 0.6) is 0 Å². The molecule has 0 aliphatic carbocycles. The Kier molecular flexibility index (Phi) is 9.93. The van der Waals surface area contributed by atoms with E-state index < -0.39 is 48.8 Å². The van der Waals surface area contributed by atoms with Gasteiger partial charge in [0.2, 0.25) is 17.7 Å². The highest BCUT2D eigenvalue weighted by atomic mass is 32.1. The number of carboxylic acid groups (broad SMARTS) is 1. The highest BCUT2D eigenvalue weighted by Gasteiger charge is 2.42. The molecule has 38 heavy (non-hydrogen) atoms. The first kappa shape index (κ1) is 28.8. The number of thiocarbonyl (C=S) groups is 1. The number of nitrogens with zero attached hydrogens (tertiary/aromatic N) is 5. The number of pyridine rings is 1. The van der Waals surface area contributed by atoms with E-state index in [2.05, 4.69) is 19.9 Å². The first-order valence-corrected chi connectivity index (χ1v) is 12.6. The summed E-state index contributed by atoms with van der Waals surface area (Å²) in [6.07, 6.45) is 2.78. The predicted octanol–water partition coefficient (Wildman–Crippen LogP) is -0.887. The molecule has 0 radical (unpaired) electrons. The quantitative estimate of drug-likeness (QED) is 0.292. The van der Waals surface area contributed by atoms with Crippen LogP contribution in [0.3, 0.4) is 0 Å². The summed E-state index contributed by atoms with van der Waals surface area (Å²) in [4.78, 5) is 73.5. The van der Waals surface area contributed by atoms with Crippen molar-refractivity contribution in [1.82, 2.24) is 25.0 Å². The lowest BCUT2D eigenvalue weighted by Crippen LogP contribution is -2.63. The SMILES string of the molecule is COC(=O)C[C@H]1C(=O)N(CC(=O)O)CCN1C(=O)[C@H](CC(=O)N1CCN(c2ccncc2)CC1)NC(C)=S. The van der Waals surface area contributed by atoms with Gasteiger partial charge >= 0.3 is 11.9 Å². The molecule has 0 unspecified atom stereocenters. The molecule has 1 aromatic rings. The van der Waals surface area contributed by atoms with Gasteiger partial charge in [0.1, 0.15) is 18.6 Å². The molecule has 3 rings (SSSR count). The topological polar surface area (TPSA) is 153 Å². The number of carbonyl (C=O) groups excluding carboxylic acids is 4. The maximum absolute atomic E-state index is 13.6. The fourth-order valence-electron chi connectivity index (χ4n) is 4.58. The first-order valence-electron chi connectivity index (χ1n) is 12.2. The number of hydrogen-bond donors (Lipinski definition) is 2. The van der Waals surface area contributed by atoms with Crippen LogP contribution < -0.4 is 10.2 Å². The normalized spacial score (nSPS) is 18.6. The second-order valence-corrected chi connectivity index (χ2v) is 9.62. The van der Waals surface area contributed by atoms with Gasteiger partial charge in [0.25, 0.3) is 0 Å². The van der Waals surface area contributed by atoms with Gasteiger partial charge in [-0.05, 0) is 19.1 Å². The monoisotopic (exact) mass is 548 g/mol. The largest absolute Gasteiger partial charge is 0.480 e. The lowest BCUT2D eigenvalue weighted by Gasteiger charge is -2.41. The number of aromatic nitrogens is 1. The first-order chi connectivity index (χ1) is 18.1. The second-order valence-electron chi connectivity index (χ2n) is 9.01.